The van der Waals surface area contributed by atoms with E-state index in [9.17, 15) is 4.79 Å². The molecule has 0 saturated carbocycles. The van der Waals surface area contributed by atoms with Crippen LogP contribution >= 0.6 is 11.3 Å². The van der Waals surface area contributed by atoms with Crippen LogP contribution in [0.3, 0.4) is 0 Å². The highest BCUT2D eigenvalue weighted by Gasteiger charge is 2.10. The van der Waals surface area contributed by atoms with Gasteiger partial charge in [-0.25, -0.2) is 9.97 Å². The summed E-state index contributed by atoms with van der Waals surface area (Å²) in [5.41, 5.74) is 4.16. The molecule has 0 unspecified atom stereocenters. The van der Waals surface area contributed by atoms with E-state index in [1.54, 1.807) is 18.3 Å². The lowest BCUT2D eigenvalue weighted by atomic mass is 10.2. The smallest absolute Gasteiger partial charge is 0.230 e. The summed E-state index contributed by atoms with van der Waals surface area (Å²) in [7, 11) is 0. The zero-order valence-corrected chi connectivity index (χ0v) is 15.0. The lowest BCUT2D eigenvalue weighted by Gasteiger charge is -2.03. The Bertz CT molecular complexity index is 1050. The Hall–Kier alpha value is -2.99. The van der Waals surface area contributed by atoms with E-state index in [2.05, 4.69) is 27.4 Å². The molecule has 0 saturated heterocycles. The number of amides is 1. The second kappa shape index (κ2) is 7.09. The molecule has 2 aromatic heterocycles. The van der Waals surface area contributed by atoms with Crippen molar-refractivity contribution in [3.05, 3.63) is 76.1 Å². The minimum Gasteiger partial charge on any atom is -0.441 e. The third-order valence-corrected chi connectivity index (χ3v) is 4.82. The fraction of sp³-hybridized carbons (Fsp3) is 0.150. The van der Waals surface area contributed by atoms with E-state index >= 15 is 0 Å². The molecule has 4 aromatic rings. The summed E-state index contributed by atoms with van der Waals surface area (Å²) in [5, 5.41) is 5.85. The highest BCUT2D eigenvalue weighted by molar-refractivity contribution is 7.09. The predicted molar refractivity (Wildman–Crippen MR) is 102 cm³/mol. The minimum atomic E-state index is -0.0962. The average molecular weight is 363 g/mol. The molecule has 0 fully saturated rings. The number of nitrogens with one attached hydrogen (secondary N) is 1. The molecule has 1 N–H and O–H groups in total. The topological polar surface area (TPSA) is 68.0 Å². The van der Waals surface area contributed by atoms with E-state index in [1.807, 2.05) is 41.8 Å². The molecule has 0 atom stereocenters. The van der Waals surface area contributed by atoms with Crippen molar-refractivity contribution < 1.29 is 9.21 Å². The maximum atomic E-state index is 12.3. The lowest BCUT2D eigenvalue weighted by molar-refractivity contribution is -0.115. The first-order valence-corrected chi connectivity index (χ1v) is 9.18. The molecular formula is C20H17N3O2S. The van der Waals surface area contributed by atoms with Crippen LogP contribution in [-0.2, 0) is 17.6 Å². The Morgan fingerprint density at radius 3 is 2.85 bits per heavy atom. The van der Waals surface area contributed by atoms with E-state index in [-0.39, 0.29) is 12.3 Å². The van der Waals surface area contributed by atoms with E-state index in [0.717, 1.165) is 22.6 Å². The Morgan fingerprint density at radius 2 is 2.00 bits per heavy atom. The molecule has 0 aliphatic rings. The fourth-order valence-corrected chi connectivity index (χ4v) is 3.60. The van der Waals surface area contributed by atoms with Crippen LogP contribution in [0.15, 0.2) is 58.3 Å². The highest BCUT2D eigenvalue weighted by atomic mass is 32.1. The molecule has 130 valence electrons. The third-order valence-electron chi connectivity index (χ3n) is 3.92. The van der Waals surface area contributed by atoms with Gasteiger partial charge in [0.15, 0.2) is 11.5 Å². The number of nitrogens with zero attached hydrogens (tertiary/aromatic N) is 2. The maximum Gasteiger partial charge on any atom is 0.230 e. The van der Waals surface area contributed by atoms with Crippen molar-refractivity contribution in [3.63, 3.8) is 0 Å². The van der Waals surface area contributed by atoms with Gasteiger partial charge in [0.1, 0.15) is 5.52 Å². The number of thiazole rings is 1. The third kappa shape index (κ3) is 3.81. The molecule has 6 heteroatoms. The molecule has 5 nitrogen and oxygen atoms in total. The first-order valence-electron chi connectivity index (χ1n) is 8.30. The Morgan fingerprint density at radius 1 is 1.15 bits per heavy atom. The number of benzene rings is 2. The van der Waals surface area contributed by atoms with Crippen LogP contribution < -0.4 is 5.32 Å². The van der Waals surface area contributed by atoms with Crippen molar-refractivity contribution in [3.8, 4) is 0 Å². The predicted octanol–water partition coefficient (Wildman–Crippen LogP) is 4.36. The van der Waals surface area contributed by atoms with Gasteiger partial charge in [-0.05, 0) is 23.8 Å². The first kappa shape index (κ1) is 16.5. The van der Waals surface area contributed by atoms with Crippen molar-refractivity contribution in [2.24, 2.45) is 0 Å². The van der Waals surface area contributed by atoms with Gasteiger partial charge >= 0.3 is 0 Å². The number of fused-ring (bicyclic) bond motifs is 1. The molecular weight excluding hydrogens is 346 g/mol. The second-order valence-electron chi connectivity index (χ2n) is 6.04. The average Bonchev–Trinajstić information content (AvgIpc) is 3.20. The largest absolute Gasteiger partial charge is 0.441 e. The number of rotatable bonds is 5. The fourth-order valence-electron chi connectivity index (χ4n) is 2.77. The number of anilines is 1. The van der Waals surface area contributed by atoms with Crippen molar-refractivity contribution in [1.82, 2.24) is 9.97 Å². The van der Waals surface area contributed by atoms with Crippen molar-refractivity contribution in [2.45, 2.75) is 19.8 Å². The van der Waals surface area contributed by atoms with Crippen LogP contribution in [0, 0.1) is 6.92 Å². The monoisotopic (exact) mass is 363 g/mol. The molecule has 1 amide bonds. The molecule has 0 aliphatic heterocycles. The van der Waals surface area contributed by atoms with Crippen molar-refractivity contribution in [2.75, 3.05) is 5.32 Å². The summed E-state index contributed by atoms with van der Waals surface area (Å²) in [6.45, 7) is 1.80. The highest BCUT2D eigenvalue weighted by Crippen LogP contribution is 2.20. The second-order valence-corrected chi connectivity index (χ2v) is 6.98. The molecule has 4 rings (SSSR count). The van der Waals surface area contributed by atoms with Crippen LogP contribution in [0.4, 0.5) is 5.69 Å². The van der Waals surface area contributed by atoms with E-state index in [4.69, 9.17) is 4.42 Å². The maximum absolute atomic E-state index is 12.3. The zero-order valence-electron chi connectivity index (χ0n) is 14.2. The summed E-state index contributed by atoms with van der Waals surface area (Å²) in [5.74, 6) is 0.512. The molecule has 0 spiro atoms. The molecule has 0 aliphatic carbocycles. The van der Waals surface area contributed by atoms with Gasteiger partial charge in [-0.1, -0.05) is 30.3 Å². The van der Waals surface area contributed by atoms with Crippen molar-refractivity contribution in [1.29, 1.82) is 0 Å². The SMILES string of the molecule is Cc1nc2cc(NC(=O)Cc3csc(Cc4ccccc4)n3)ccc2o1. The quantitative estimate of drug-likeness (QED) is 0.572. The minimum absolute atomic E-state index is 0.0962. The summed E-state index contributed by atoms with van der Waals surface area (Å²) >= 11 is 1.58. The van der Waals surface area contributed by atoms with E-state index < -0.39 is 0 Å². The van der Waals surface area contributed by atoms with Gasteiger partial charge in [0, 0.05) is 24.4 Å². The summed E-state index contributed by atoms with van der Waals surface area (Å²) in [4.78, 5) is 21.2. The molecule has 2 aromatic carbocycles. The number of oxazole rings is 1. The van der Waals surface area contributed by atoms with Gasteiger partial charge in [-0.2, -0.15) is 0 Å². The van der Waals surface area contributed by atoms with Crippen LogP contribution in [0.25, 0.3) is 11.1 Å². The van der Waals surface area contributed by atoms with E-state index in [0.29, 0.717) is 17.2 Å². The van der Waals surface area contributed by atoms with Gasteiger partial charge in [-0.15, -0.1) is 11.3 Å². The van der Waals surface area contributed by atoms with Crippen LogP contribution in [-0.4, -0.2) is 15.9 Å². The number of aromatic nitrogens is 2. The van der Waals surface area contributed by atoms with Crippen molar-refractivity contribution >= 4 is 34.0 Å². The van der Waals surface area contributed by atoms with Gasteiger partial charge in [-0.3, -0.25) is 4.79 Å². The number of hydrogen-bond acceptors (Lipinski definition) is 5. The number of carbonyl (C=O) groups excluding carboxylic acids is 1. The molecule has 0 bridgehead atoms. The van der Waals surface area contributed by atoms with Gasteiger partial charge < -0.3 is 9.73 Å². The Kier molecular flexibility index (Phi) is 4.50. The molecule has 0 radical (unpaired) electrons. The first-order chi connectivity index (χ1) is 12.7. The lowest BCUT2D eigenvalue weighted by Crippen LogP contribution is -2.14. The Balaban J connectivity index is 1.39. The zero-order chi connectivity index (χ0) is 17.9. The number of carbonyl (C=O) groups is 1. The normalized spacial score (nSPS) is 11.0. The van der Waals surface area contributed by atoms with Crippen LogP contribution in [0.1, 0.15) is 22.2 Å². The summed E-state index contributed by atoms with van der Waals surface area (Å²) in [6.07, 6.45) is 1.04. The van der Waals surface area contributed by atoms with Gasteiger partial charge in [0.2, 0.25) is 5.91 Å². The molecule has 26 heavy (non-hydrogen) atoms. The van der Waals surface area contributed by atoms with E-state index in [1.165, 1.54) is 5.56 Å². The van der Waals surface area contributed by atoms with Crippen LogP contribution in [0.5, 0.6) is 0 Å². The summed E-state index contributed by atoms with van der Waals surface area (Å²) in [6, 6.07) is 15.6. The molecule has 2 heterocycles. The van der Waals surface area contributed by atoms with Gasteiger partial charge in [0.05, 0.1) is 17.1 Å². The summed E-state index contributed by atoms with van der Waals surface area (Å²) < 4.78 is 5.44. The van der Waals surface area contributed by atoms with Gasteiger partial charge in [0.25, 0.3) is 0 Å². The standard InChI is InChI=1S/C20H17N3O2S/c1-13-21-17-10-15(7-8-18(17)25-13)22-19(24)11-16-12-26-20(23-16)9-14-5-3-2-4-6-14/h2-8,10,12H,9,11H2,1H3,(H,22,24). The Labute approximate surface area is 154 Å². The number of aryl methyl sites for hydroxylation is 1. The van der Waals surface area contributed by atoms with Crippen LogP contribution in [0.2, 0.25) is 0 Å². The number of hydrogen-bond donors (Lipinski definition) is 1.